The number of hydrogen-bond acceptors (Lipinski definition) is 5. The minimum absolute atomic E-state index is 0.0444. The van der Waals surface area contributed by atoms with Crippen LogP contribution in [-0.2, 0) is 30.0 Å². The van der Waals surface area contributed by atoms with Gasteiger partial charge >= 0.3 is 0 Å². The molecule has 1 atom stereocenters. The first-order valence-corrected chi connectivity index (χ1v) is 14.5. The minimum atomic E-state index is -0.815. The van der Waals surface area contributed by atoms with Crippen LogP contribution in [-0.4, -0.2) is 67.7 Å². The quantitative estimate of drug-likeness (QED) is 0.397. The Morgan fingerprint density at radius 3 is 1.88 bits per heavy atom. The summed E-state index contributed by atoms with van der Waals surface area (Å²) in [4.78, 5) is 53.9. The second kappa shape index (κ2) is 13.2. The zero-order valence-corrected chi connectivity index (χ0v) is 23.7. The number of amides is 3. The Labute approximate surface area is 237 Å². The molecule has 0 saturated carbocycles. The van der Waals surface area contributed by atoms with Crippen molar-refractivity contribution in [3.63, 3.8) is 0 Å². The molecule has 8 heteroatoms. The van der Waals surface area contributed by atoms with Crippen molar-refractivity contribution < 1.29 is 19.2 Å². The lowest BCUT2D eigenvalue weighted by molar-refractivity contribution is -0.141. The first kappa shape index (κ1) is 29.5. The fraction of sp³-hybridized carbons (Fsp3) is 0.500. The van der Waals surface area contributed by atoms with E-state index in [0.717, 1.165) is 24.2 Å². The molecule has 4 rings (SSSR count). The van der Waals surface area contributed by atoms with Gasteiger partial charge in [-0.15, -0.1) is 0 Å². The van der Waals surface area contributed by atoms with E-state index >= 15 is 0 Å². The maximum atomic E-state index is 14.0. The molecule has 0 spiro atoms. The van der Waals surface area contributed by atoms with Gasteiger partial charge in [-0.3, -0.25) is 14.4 Å². The zero-order chi connectivity index (χ0) is 28.6. The van der Waals surface area contributed by atoms with E-state index in [2.05, 4.69) is 29.8 Å². The third kappa shape index (κ3) is 6.28. The molecule has 0 bridgehead atoms. The molecular weight excluding hydrogens is 504 g/mol. The number of piperidine rings is 2. The van der Waals surface area contributed by atoms with E-state index in [-0.39, 0.29) is 30.2 Å². The molecular formula is C32H42N4O4. The summed E-state index contributed by atoms with van der Waals surface area (Å²) in [5.41, 5.74) is 0.373. The van der Waals surface area contributed by atoms with Crippen molar-refractivity contribution >= 4 is 24.0 Å². The van der Waals surface area contributed by atoms with Crippen LogP contribution >= 0.6 is 0 Å². The Balaban J connectivity index is 1.53. The molecule has 2 aromatic rings. The second-order valence-corrected chi connectivity index (χ2v) is 11.5. The lowest BCUT2D eigenvalue weighted by Crippen LogP contribution is -2.59. The van der Waals surface area contributed by atoms with E-state index in [0.29, 0.717) is 51.5 Å². The van der Waals surface area contributed by atoms with E-state index in [4.69, 9.17) is 0 Å². The molecule has 0 aliphatic carbocycles. The van der Waals surface area contributed by atoms with Gasteiger partial charge in [0, 0.05) is 13.1 Å². The first-order valence-electron chi connectivity index (χ1n) is 14.5. The average Bonchev–Trinajstić information content (AvgIpc) is 3.00. The molecule has 214 valence electrons. The number of carbonyl (C=O) groups is 4. The summed E-state index contributed by atoms with van der Waals surface area (Å²) in [5.74, 6) is -0.185. The normalized spacial score (nSPS) is 18.9. The molecule has 0 radical (unpaired) electrons. The smallest absolute Gasteiger partial charge is 0.245 e. The Morgan fingerprint density at radius 2 is 1.38 bits per heavy atom. The molecule has 2 aliphatic heterocycles. The summed E-state index contributed by atoms with van der Waals surface area (Å²) < 4.78 is 0. The zero-order valence-electron chi connectivity index (χ0n) is 23.7. The number of hydrogen-bond donors (Lipinski definition) is 3. The molecule has 2 fully saturated rings. The van der Waals surface area contributed by atoms with Crippen molar-refractivity contribution in [2.24, 2.45) is 5.92 Å². The molecule has 0 unspecified atom stereocenters. The topological polar surface area (TPSA) is 108 Å². The summed E-state index contributed by atoms with van der Waals surface area (Å²) in [6.45, 7) is 6.32. The average molecular weight is 547 g/mol. The van der Waals surface area contributed by atoms with Gasteiger partial charge in [0.1, 0.15) is 12.3 Å². The lowest BCUT2D eigenvalue weighted by Gasteiger charge is -2.42. The summed E-state index contributed by atoms with van der Waals surface area (Å²) in [6.07, 6.45) is 3.44. The van der Waals surface area contributed by atoms with Gasteiger partial charge in [0.2, 0.25) is 17.7 Å². The van der Waals surface area contributed by atoms with Crippen LogP contribution in [0.3, 0.4) is 0 Å². The van der Waals surface area contributed by atoms with Crippen LogP contribution in [0.2, 0.25) is 0 Å². The summed E-state index contributed by atoms with van der Waals surface area (Å²) in [6, 6.07) is 18.8. The summed E-state index contributed by atoms with van der Waals surface area (Å²) in [7, 11) is 0. The van der Waals surface area contributed by atoms with E-state index in [1.54, 1.807) is 4.90 Å². The minimum Gasteiger partial charge on any atom is -0.349 e. The molecule has 2 aliphatic rings. The van der Waals surface area contributed by atoms with Gasteiger partial charge in [-0.25, -0.2) is 0 Å². The highest BCUT2D eigenvalue weighted by molar-refractivity contribution is 5.94. The highest BCUT2D eigenvalue weighted by Crippen LogP contribution is 2.37. The monoisotopic (exact) mass is 546 g/mol. The maximum absolute atomic E-state index is 14.0. The predicted octanol–water partition coefficient (Wildman–Crippen LogP) is 2.71. The molecule has 40 heavy (non-hydrogen) atoms. The van der Waals surface area contributed by atoms with Gasteiger partial charge in [-0.2, -0.15) is 0 Å². The number of aldehydes is 1. The van der Waals surface area contributed by atoms with E-state index < -0.39 is 16.9 Å². The van der Waals surface area contributed by atoms with Crippen molar-refractivity contribution in [3.05, 3.63) is 71.8 Å². The Hall–Kier alpha value is -3.52. The van der Waals surface area contributed by atoms with Gasteiger partial charge in [0.15, 0.2) is 0 Å². The van der Waals surface area contributed by atoms with Gasteiger partial charge in [-0.1, -0.05) is 74.5 Å². The number of benzene rings is 2. The summed E-state index contributed by atoms with van der Waals surface area (Å²) >= 11 is 0. The standard InChI is InChI=1S/C32H42N4O4/c1-24(2)23-27(35-30(40)31(13-17-33-18-14-31)25-9-5-3-6-10-25)28(38)36-20-15-32(16-21-36,29(39)34-19-22-37)26-11-7-4-8-12-26/h3-12,22,24,27,33H,13-21,23H2,1-2H3,(H,34,39)(H,35,40)/t27-/m1/s1. The van der Waals surface area contributed by atoms with Crippen molar-refractivity contribution in [3.8, 4) is 0 Å². The largest absolute Gasteiger partial charge is 0.349 e. The van der Waals surface area contributed by atoms with Crippen LogP contribution in [0.25, 0.3) is 0 Å². The SMILES string of the molecule is CC(C)C[C@@H](NC(=O)C1(c2ccccc2)CCNCC1)C(=O)N1CCC(C(=O)NCC=O)(c2ccccc2)CC1. The highest BCUT2D eigenvalue weighted by atomic mass is 16.2. The van der Waals surface area contributed by atoms with Gasteiger partial charge < -0.3 is 25.6 Å². The second-order valence-electron chi connectivity index (χ2n) is 11.5. The van der Waals surface area contributed by atoms with Gasteiger partial charge in [-0.05, 0) is 62.2 Å². The van der Waals surface area contributed by atoms with E-state index in [1.165, 1.54) is 0 Å². The van der Waals surface area contributed by atoms with Crippen LogP contribution in [0.5, 0.6) is 0 Å². The predicted molar refractivity (Wildman–Crippen MR) is 155 cm³/mol. The maximum Gasteiger partial charge on any atom is 0.245 e. The molecule has 2 aromatic carbocycles. The van der Waals surface area contributed by atoms with Crippen LogP contribution in [0.15, 0.2) is 60.7 Å². The van der Waals surface area contributed by atoms with Crippen molar-refractivity contribution in [1.29, 1.82) is 0 Å². The van der Waals surface area contributed by atoms with Crippen molar-refractivity contribution in [2.75, 3.05) is 32.7 Å². The lowest BCUT2D eigenvalue weighted by atomic mass is 9.71. The first-order chi connectivity index (χ1) is 19.3. The van der Waals surface area contributed by atoms with Gasteiger partial charge in [0.05, 0.1) is 17.4 Å². The number of nitrogens with one attached hydrogen (secondary N) is 3. The molecule has 0 aromatic heterocycles. The third-order valence-electron chi connectivity index (χ3n) is 8.56. The van der Waals surface area contributed by atoms with Crippen LogP contribution < -0.4 is 16.0 Å². The fourth-order valence-electron chi connectivity index (χ4n) is 6.28. The van der Waals surface area contributed by atoms with E-state index in [9.17, 15) is 19.2 Å². The van der Waals surface area contributed by atoms with Crippen LogP contribution in [0.1, 0.15) is 57.1 Å². The molecule has 3 N–H and O–H groups in total. The number of carbonyl (C=O) groups excluding carboxylic acids is 4. The van der Waals surface area contributed by atoms with Gasteiger partial charge in [0.25, 0.3) is 0 Å². The van der Waals surface area contributed by atoms with E-state index in [1.807, 2.05) is 60.7 Å². The number of rotatable bonds is 10. The third-order valence-corrected chi connectivity index (χ3v) is 8.56. The fourth-order valence-corrected chi connectivity index (χ4v) is 6.28. The Bertz CT molecular complexity index is 1150. The molecule has 2 saturated heterocycles. The molecule has 2 heterocycles. The Kier molecular flexibility index (Phi) is 9.74. The van der Waals surface area contributed by atoms with Crippen molar-refractivity contribution in [1.82, 2.24) is 20.9 Å². The summed E-state index contributed by atoms with van der Waals surface area (Å²) in [5, 5.41) is 9.29. The number of likely N-dealkylation sites (tertiary alicyclic amines) is 1. The van der Waals surface area contributed by atoms with Crippen LogP contribution in [0, 0.1) is 5.92 Å². The molecule has 8 nitrogen and oxygen atoms in total. The highest BCUT2D eigenvalue weighted by Gasteiger charge is 2.46. The van der Waals surface area contributed by atoms with Crippen molar-refractivity contribution in [2.45, 2.75) is 62.8 Å². The van der Waals surface area contributed by atoms with Crippen LogP contribution in [0.4, 0.5) is 0 Å². The number of nitrogens with zero attached hydrogens (tertiary/aromatic N) is 1. The Morgan fingerprint density at radius 1 is 0.850 bits per heavy atom. The molecule has 3 amide bonds.